The Bertz CT molecular complexity index is 429. The Labute approximate surface area is 117 Å². The van der Waals surface area contributed by atoms with Crippen LogP contribution in [0, 0.1) is 5.92 Å². The molecule has 0 bridgehead atoms. The van der Waals surface area contributed by atoms with Crippen LogP contribution in [0.2, 0.25) is 0 Å². The molecule has 5 nitrogen and oxygen atoms in total. The highest BCUT2D eigenvalue weighted by atomic mass is 32.2. The Balaban J connectivity index is 2.00. The van der Waals surface area contributed by atoms with Gasteiger partial charge in [0.05, 0.1) is 18.3 Å². The first-order valence-electron chi connectivity index (χ1n) is 6.55. The first-order chi connectivity index (χ1) is 9.10. The van der Waals surface area contributed by atoms with E-state index in [-0.39, 0.29) is 18.1 Å². The highest BCUT2D eigenvalue weighted by molar-refractivity contribution is 7.98. The number of aryl methyl sites for hydroxylation is 1. The van der Waals surface area contributed by atoms with Crippen LogP contribution in [-0.4, -0.2) is 38.9 Å². The van der Waals surface area contributed by atoms with Gasteiger partial charge in [0, 0.05) is 31.0 Å². The second-order valence-corrected chi connectivity index (χ2v) is 6.11. The Morgan fingerprint density at radius 2 is 2.42 bits per heavy atom. The number of hydrogen-bond acceptors (Lipinski definition) is 4. The van der Waals surface area contributed by atoms with Crippen LogP contribution in [0.15, 0.2) is 12.4 Å². The molecule has 1 aromatic heterocycles. The predicted octanol–water partition coefficient (Wildman–Crippen LogP) is 1.10. The third-order valence-corrected chi connectivity index (χ3v) is 4.17. The van der Waals surface area contributed by atoms with Crippen LogP contribution in [0.3, 0.4) is 0 Å². The molecule has 1 fully saturated rings. The second kappa shape index (κ2) is 6.43. The zero-order valence-electron chi connectivity index (χ0n) is 11.4. The van der Waals surface area contributed by atoms with Crippen molar-refractivity contribution in [3.8, 4) is 0 Å². The van der Waals surface area contributed by atoms with E-state index in [1.54, 1.807) is 22.6 Å². The van der Waals surface area contributed by atoms with E-state index in [2.05, 4.69) is 10.4 Å². The summed E-state index contributed by atoms with van der Waals surface area (Å²) >= 11 is 1.67. The topological polar surface area (TPSA) is 67.2 Å². The van der Waals surface area contributed by atoms with Crippen molar-refractivity contribution < 1.29 is 9.90 Å². The van der Waals surface area contributed by atoms with Crippen molar-refractivity contribution in [2.45, 2.75) is 31.4 Å². The molecular weight excluding hydrogens is 262 g/mol. The average Bonchev–Trinajstić information content (AvgIpc) is 2.76. The largest absolute Gasteiger partial charge is 0.393 e. The van der Waals surface area contributed by atoms with Gasteiger partial charge in [0.15, 0.2) is 0 Å². The smallest absolute Gasteiger partial charge is 0.221 e. The lowest BCUT2D eigenvalue weighted by molar-refractivity contribution is -0.122. The fourth-order valence-corrected chi connectivity index (χ4v) is 2.81. The fraction of sp³-hybridized carbons (Fsp3) is 0.692. The quantitative estimate of drug-likeness (QED) is 0.820. The number of nitrogens with one attached hydrogen (secondary N) is 1. The lowest BCUT2D eigenvalue weighted by atomic mass is 9.75. The number of carbonyl (C=O) groups excluding carboxylic acids is 1. The summed E-state index contributed by atoms with van der Waals surface area (Å²) in [5.41, 5.74) is 1.02. The predicted molar refractivity (Wildman–Crippen MR) is 75.8 cm³/mol. The first kappa shape index (κ1) is 14.4. The molecule has 0 radical (unpaired) electrons. The molecule has 0 unspecified atom stereocenters. The van der Waals surface area contributed by atoms with Crippen LogP contribution >= 0.6 is 11.8 Å². The van der Waals surface area contributed by atoms with Crippen molar-refractivity contribution in [3.05, 3.63) is 18.0 Å². The van der Waals surface area contributed by atoms with Gasteiger partial charge in [-0.05, 0) is 25.0 Å². The zero-order valence-corrected chi connectivity index (χ0v) is 12.2. The molecule has 0 spiro atoms. The number of carbonyl (C=O) groups is 1. The van der Waals surface area contributed by atoms with Gasteiger partial charge < -0.3 is 10.4 Å². The van der Waals surface area contributed by atoms with E-state index in [4.69, 9.17) is 0 Å². The molecule has 1 amide bonds. The van der Waals surface area contributed by atoms with E-state index in [0.717, 1.165) is 24.2 Å². The van der Waals surface area contributed by atoms with E-state index < -0.39 is 0 Å². The lowest BCUT2D eigenvalue weighted by Crippen LogP contribution is -2.41. The normalized spacial score (nSPS) is 23.7. The van der Waals surface area contributed by atoms with Gasteiger partial charge in [-0.15, -0.1) is 0 Å². The van der Waals surface area contributed by atoms with Gasteiger partial charge in [0.25, 0.3) is 0 Å². The third kappa shape index (κ3) is 3.73. The lowest BCUT2D eigenvalue weighted by Gasteiger charge is -2.37. The minimum atomic E-state index is -0.215. The number of aliphatic hydroxyl groups excluding tert-OH is 1. The number of aromatic nitrogens is 2. The number of aliphatic hydroxyl groups is 1. The third-order valence-electron chi connectivity index (χ3n) is 3.55. The fourth-order valence-electron chi connectivity index (χ4n) is 2.42. The number of rotatable bonds is 6. The summed E-state index contributed by atoms with van der Waals surface area (Å²) in [5, 5.41) is 16.7. The Kier molecular flexibility index (Phi) is 4.87. The van der Waals surface area contributed by atoms with E-state index >= 15 is 0 Å². The van der Waals surface area contributed by atoms with Gasteiger partial charge in [0.1, 0.15) is 0 Å². The summed E-state index contributed by atoms with van der Waals surface area (Å²) in [6.07, 6.45) is 7.55. The summed E-state index contributed by atoms with van der Waals surface area (Å²) in [6.45, 7) is 0. The van der Waals surface area contributed by atoms with Gasteiger partial charge in [0.2, 0.25) is 5.91 Å². The molecule has 106 valence electrons. The molecule has 19 heavy (non-hydrogen) atoms. The van der Waals surface area contributed by atoms with Crippen molar-refractivity contribution in [1.29, 1.82) is 0 Å². The molecule has 0 aliphatic heterocycles. The Hall–Kier alpha value is -1.01. The number of nitrogens with zero attached hydrogens (tertiary/aromatic N) is 2. The SMILES string of the molecule is CSCCC(=O)N[C@@H](c1cnn(C)c1)C1CC(O)C1. The van der Waals surface area contributed by atoms with Crippen LogP contribution in [0.4, 0.5) is 0 Å². The molecule has 1 saturated carbocycles. The van der Waals surface area contributed by atoms with Crippen LogP contribution in [-0.2, 0) is 11.8 Å². The summed E-state index contributed by atoms with van der Waals surface area (Å²) in [4.78, 5) is 11.9. The van der Waals surface area contributed by atoms with Gasteiger partial charge in [-0.3, -0.25) is 9.48 Å². The van der Waals surface area contributed by atoms with Gasteiger partial charge >= 0.3 is 0 Å². The molecule has 2 N–H and O–H groups in total. The molecular formula is C13H21N3O2S. The van der Waals surface area contributed by atoms with Gasteiger partial charge in [-0.1, -0.05) is 0 Å². The number of thioether (sulfide) groups is 1. The highest BCUT2D eigenvalue weighted by Gasteiger charge is 2.36. The number of amides is 1. The van der Waals surface area contributed by atoms with E-state index in [1.165, 1.54) is 0 Å². The summed E-state index contributed by atoms with van der Waals surface area (Å²) in [7, 11) is 1.87. The molecule has 0 aromatic carbocycles. The maximum atomic E-state index is 11.9. The monoisotopic (exact) mass is 283 g/mol. The zero-order chi connectivity index (χ0) is 13.8. The van der Waals surface area contributed by atoms with Crippen LogP contribution in [0.1, 0.15) is 30.9 Å². The maximum Gasteiger partial charge on any atom is 0.221 e. The highest BCUT2D eigenvalue weighted by Crippen LogP contribution is 2.37. The molecule has 1 heterocycles. The molecule has 0 saturated heterocycles. The van der Waals surface area contributed by atoms with Crippen molar-refractivity contribution in [2.75, 3.05) is 12.0 Å². The number of hydrogen-bond donors (Lipinski definition) is 2. The van der Waals surface area contributed by atoms with Gasteiger partial charge in [-0.25, -0.2) is 0 Å². The second-order valence-electron chi connectivity index (χ2n) is 5.12. The van der Waals surface area contributed by atoms with Crippen LogP contribution < -0.4 is 5.32 Å². The maximum absolute atomic E-state index is 11.9. The minimum absolute atomic E-state index is 0.0218. The molecule has 1 atom stereocenters. The molecule has 1 aliphatic carbocycles. The standard InChI is InChI=1S/C13H21N3O2S/c1-16-8-10(7-14-16)13(9-5-11(17)6-9)15-12(18)3-4-19-2/h7-9,11,13,17H,3-6H2,1-2H3,(H,15,18)/t9?,11?,13-/m1/s1. The summed E-state index contributed by atoms with van der Waals surface area (Å²) in [5.74, 6) is 1.22. The van der Waals surface area contributed by atoms with Crippen molar-refractivity contribution >= 4 is 17.7 Å². The van der Waals surface area contributed by atoms with Crippen LogP contribution in [0.5, 0.6) is 0 Å². The van der Waals surface area contributed by atoms with Crippen LogP contribution in [0.25, 0.3) is 0 Å². The Morgan fingerprint density at radius 3 is 2.95 bits per heavy atom. The first-order valence-corrected chi connectivity index (χ1v) is 7.94. The van der Waals surface area contributed by atoms with E-state index in [0.29, 0.717) is 12.3 Å². The van der Waals surface area contributed by atoms with Crippen molar-refractivity contribution in [3.63, 3.8) is 0 Å². The summed E-state index contributed by atoms with van der Waals surface area (Å²) < 4.78 is 1.74. The van der Waals surface area contributed by atoms with Crippen molar-refractivity contribution in [1.82, 2.24) is 15.1 Å². The molecule has 6 heteroatoms. The van der Waals surface area contributed by atoms with Crippen molar-refractivity contribution in [2.24, 2.45) is 13.0 Å². The van der Waals surface area contributed by atoms with Gasteiger partial charge in [-0.2, -0.15) is 16.9 Å². The molecule has 1 aliphatic rings. The molecule has 1 aromatic rings. The van der Waals surface area contributed by atoms with E-state index in [1.807, 2.05) is 19.5 Å². The van der Waals surface area contributed by atoms with E-state index in [9.17, 15) is 9.90 Å². The summed E-state index contributed by atoms with van der Waals surface area (Å²) in [6, 6.07) is -0.0218. The average molecular weight is 283 g/mol. The minimum Gasteiger partial charge on any atom is -0.393 e. The Morgan fingerprint density at radius 1 is 1.68 bits per heavy atom. The molecule has 2 rings (SSSR count).